The Balaban J connectivity index is 2.46. The Morgan fingerprint density at radius 1 is 1.38 bits per heavy atom. The van der Waals surface area contributed by atoms with E-state index in [0.29, 0.717) is 16.1 Å². The van der Waals surface area contributed by atoms with Gasteiger partial charge in [-0.3, -0.25) is 19.1 Å². The molecule has 134 valence electrons. The summed E-state index contributed by atoms with van der Waals surface area (Å²) in [4.78, 5) is 45.8. The van der Waals surface area contributed by atoms with Gasteiger partial charge in [0.25, 0.3) is 11.5 Å². The number of aromatic nitrogens is 3. The standard InChI is InChI=1S/C17H16N4O4S/c1-3-10(17(24)25)21-14(9-6-4-5-7-19-9)20-15-11(16(21)23)8(2)12(26-15)13(18)22/h4-7,10H,3H2,1-2H3,(H2,18,22)(H,24,25). The second kappa shape index (κ2) is 6.68. The van der Waals surface area contributed by atoms with Crippen LogP contribution in [0.4, 0.5) is 0 Å². The van der Waals surface area contributed by atoms with Crippen LogP contribution in [-0.2, 0) is 4.79 Å². The molecular formula is C17H16N4O4S. The molecule has 0 aromatic carbocycles. The van der Waals surface area contributed by atoms with Crippen molar-refractivity contribution in [2.45, 2.75) is 26.3 Å². The van der Waals surface area contributed by atoms with Gasteiger partial charge in [0.05, 0.1) is 10.3 Å². The third kappa shape index (κ3) is 2.76. The lowest BCUT2D eigenvalue weighted by Gasteiger charge is -2.18. The molecule has 3 aromatic heterocycles. The van der Waals surface area contributed by atoms with E-state index in [1.807, 2.05) is 0 Å². The molecule has 3 rings (SSSR count). The van der Waals surface area contributed by atoms with Crippen LogP contribution in [0, 0.1) is 6.92 Å². The molecule has 0 aliphatic carbocycles. The van der Waals surface area contributed by atoms with Crippen molar-refractivity contribution >= 4 is 33.4 Å². The smallest absolute Gasteiger partial charge is 0.326 e. The summed E-state index contributed by atoms with van der Waals surface area (Å²) < 4.78 is 1.14. The van der Waals surface area contributed by atoms with Crippen LogP contribution in [-0.4, -0.2) is 31.5 Å². The molecule has 0 fully saturated rings. The van der Waals surface area contributed by atoms with E-state index in [4.69, 9.17) is 5.73 Å². The zero-order valence-corrected chi connectivity index (χ0v) is 14.9. The summed E-state index contributed by atoms with van der Waals surface area (Å²) in [6.07, 6.45) is 1.72. The molecule has 3 heterocycles. The van der Waals surface area contributed by atoms with Gasteiger partial charge >= 0.3 is 5.97 Å². The fraction of sp³-hybridized carbons (Fsp3) is 0.235. The number of carbonyl (C=O) groups is 2. The summed E-state index contributed by atoms with van der Waals surface area (Å²) in [7, 11) is 0. The summed E-state index contributed by atoms with van der Waals surface area (Å²) in [5, 5.41) is 9.79. The first-order valence-corrected chi connectivity index (χ1v) is 8.68. The quantitative estimate of drug-likeness (QED) is 0.704. The van der Waals surface area contributed by atoms with Gasteiger partial charge in [0.1, 0.15) is 16.6 Å². The van der Waals surface area contributed by atoms with Gasteiger partial charge < -0.3 is 10.8 Å². The number of nitrogens with two attached hydrogens (primary N) is 1. The minimum absolute atomic E-state index is 0.148. The molecule has 8 nitrogen and oxygen atoms in total. The molecule has 3 aromatic rings. The van der Waals surface area contributed by atoms with Gasteiger partial charge in [0.2, 0.25) is 0 Å². The van der Waals surface area contributed by atoms with E-state index in [-0.39, 0.29) is 22.5 Å². The third-order valence-electron chi connectivity index (χ3n) is 4.10. The summed E-state index contributed by atoms with van der Waals surface area (Å²) in [6, 6.07) is 3.97. The van der Waals surface area contributed by atoms with E-state index in [0.717, 1.165) is 15.9 Å². The van der Waals surface area contributed by atoms with Crippen LogP contribution in [0.5, 0.6) is 0 Å². The van der Waals surface area contributed by atoms with Crippen molar-refractivity contribution in [1.29, 1.82) is 0 Å². The zero-order valence-electron chi connectivity index (χ0n) is 14.1. The van der Waals surface area contributed by atoms with Gasteiger partial charge in [-0.2, -0.15) is 0 Å². The largest absolute Gasteiger partial charge is 0.480 e. The topological polar surface area (TPSA) is 128 Å². The van der Waals surface area contributed by atoms with E-state index < -0.39 is 23.5 Å². The molecule has 0 aliphatic rings. The Hall–Kier alpha value is -3.07. The van der Waals surface area contributed by atoms with Crippen molar-refractivity contribution in [2.75, 3.05) is 0 Å². The van der Waals surface area contributed by atoms with Gasteiger partial charge in [-0.1, -0.05) is 13.0 Å². The first kappa shape index (κ1) is 17.7. The zero-order chi connectivity index (χ0) is 19.0. The number of amides is 1. The van der Waals surface area contributed by atoms with Gasteiger partial charge in [0.15, 0.2) is 5.82 Å². The van der Waals surface area contributed by atoms with Crippen LogP contribution in [0.25, 0.3) is 21.7 Å². The predicted octanol–water partition coefficient (Wildman–Crippen LogP) is 1.96. The first-order valence-electron chi connectivity index (χ1n) is 7.86. The Bertz CT molecular complexity index is 1070. The molecule has 1 unspecified atom stereocenters. The van der Waals surface area contributed by atoms with Crippen molar-refractivity contribution in [3.63, 3.8) is 0 Å². The van der Waals surface area contributed by atoms with Gasteiger partial charge in [-0.25, -0.2) is 9.78 Å². The number of nitrogens with zero attached hydrogens (tertiary/aromatic N) is 3. The number of carboxylic acids is 1. The number of thiophene rings is 1. The monoisotopic (exact) mass is 372 g/mol. The van der Waals surface area contributed by atoms with Crippen molar-refractivity contribution in [1.82, 2.24) is 14.5 Å². The normalized spacial score (nSPS) is 12.2. The van der Waals surface area contributed by atoms with E-state index in [1.165, 1.54) is 6.20 Å². The number of aryl methyl sites for hydroxylation is 1. The summed E-state index contributed by atoms with van der Waals surface area (Å²) in [6.45, 7) is 3.28. The van der Waals surface area contributed by atoms with Crippen LogP contribution in [0.3, 0.4) is 0 Å². The lowest BCUT2D eigenvalue weighted by atomic mass is 10.1. The van der Waals surface area contributed by atoms with Crippen LogP contribution in [0.2, 0.25) is 0 Å². The van der Waals surface area contributed by atoms with Crippen LogP contribution >= 0.6 is 11.3 Å². The van der Waals surface area contributed by atoms with Gasteiger partial charge in [-0.15, -0.1) is 11.3 Å². The highest BCUT2D eigenvalue weighted by atomic mass is 32.1. The predicted molar refractivity (Wildman–Crippen MR) is 97.3 cm³/mol. The molecule has 3 N–H and O–H groups in total. The lowest BCUT2D eigenvalue weighted by Crippen LogP contribution is -2.32. The number of rotatable bonds is 5. The van der Waals surface area contributed by atoms with Crippen molar-refractivity contribution in [3.8, 4) is 11.5 Å². The maximum Gasteiger partial charge on any atom is 0.326 e. The number of hydrogen-bond acceptors (Lipinski definition) is 6. The fourth-order valence-electron chi connectivity index (χ4n) is 2.86. The number of carbonyl (C=O) groups excluding carboxylic acids is 1. The molecule has 0 spiro atoms. The van der Waals surface area contributed by atoms with Crippen molar-refractivity contribution in [3.05, 3.63) is 45.2 Å². The average molecular weight is 372 g/mol. The lowest BCUT2D eigenvalue weighted by molar-refractivity contribution is -0.141. The van der Waals surface area contributed by atoms with Crippen LogP contribution < -0.4 is 11.3 Å². The van der Waals surface area contributed by atoms with E-state index in [2.05, 4.69) is 9.97 Å². The Labute approximate surface area is 151 Å². The average Bonchev–Trinajstić information content (AvgIpc) is 2.95. The highest BCUT2D eigenvalue weighted by Gasteiger charge is 2.27. The number of pyridine rings is 1. The SMILES string of the molecule is CCC(C(=O)O)n1c(-c2ccccn2)nc2sc(C(N)=O)c(C)c2c1=O. The number of fused-ring (bicyclic) bond motifs is 1. The Morgan fingerprint density at radius 3 is 2.65 bits per heavy atom. The van der Waals surface area contributed by atoms with Crippen LogP contribution in [0.15, 0.2) is 29.2 Å². The fourth-order valence-corrected chi connectivity index (χ4v) is 3.89. The summed E-state index contributed by atoms with van der Waals surface area (Å²) in [5.41, 5.74) is 5.64. The summed E-state index contributed by atoms with van der Waals surface area (Å²) in [5.74, 6) is -1.65. The molecule has 0 aliphatic heterocycles. The molecule has 0 saturated carbocycles. The minimum Gasteiger partial charge on any atom is -0.480 e. The number of carboxylic acid groups (broad SMARTS) is 1. The highest BCUT2D eigenvalue weighted by Crippen LogP contribution is 2.30. The van der Waals surface area contributed by atoms with Crippen molar-refractivity contribution < 1.29 is 14.7 Å². The third-order valence-corrected chi connectivity index (χ3v) is 5.30. The second-order valence-corrected chi connectivity index (χ2v) is 6.69. The van der Waals surface area contributed by atoms with Gasteiger partial charge in [0, 0.05) is 6.20 Å². The van der Waals surface area contributed by atoms with E-state index in [9.17, 15) is 19.5 Å². The first-order chi connectivity index (χ1) is 12.4. The Morgan fingerprint density at radius 2 is 2.12 bits per heavy atom. The van der Waals surface area contributed by atoms with E-state index in [1.54, 1.807) is 32.0 Å². The maximum atomic E-state index is 13.2. The molecule has 9 heteroatoms. The van der Waals surface area contributed by atoms with Crippen LogP contribution in [0.1, 0.15) is 34.6 Å². The highest BCUT2D eigenvalue weighted by molar-refractivity contribution is 7.20. The second-order valence-electron chi connectivity index (χ2n) is 5.69. The number of hydrogen-bond donors (Lipinski definition) is 2. The Kier molecular flexibility index (Phi) is 4.56. The molecule has 1 amide bonds. The van der Waals surface area contributed by atoms with E-state index >= 15 is 0 Å². The number of aliphatic carboxylic acids is 1. The molecule has 1 atom stereocenters. The molecular weight excluding hydrogens is 356 g/mol. The molecule has 26 heavy (non-hydrogen) atoms. The minimum atomic E-state index is -1.14. The molecule has 0 saturated heterocycles. The maximum absolute atomic E-state index is 13.2. The molecule has 0 radical (unpaired) electrons. The van der Waals surface area contributed by atoms with Crippen molar-refractivity contribution in [2.24, 2.45) is 5.73 Å². The van der Waals surface area contributed by atoms with Gasteiger partial charge in [-0.05, 0) is 31.0 Å². The molecule has 0 bridgehead atoms. The number of primary amides is 1. The summed E-state index contributed by atoms with van der Waals surface area (Å²) >= 11 is 1.02.